The zero-order chi connectivity index (χ0) is 24.4. The lowest BCUT2D eigenvalue weighted by Crippen LogP contribution is -2.37. The number of nitrogens with one attached hydrogen (secondary N) is 1. The Morgan fingerprint density at radius 2 is 1.97 bits per heavy atom. The molecular weight excluding hydrogens is 461 g/mol. The van der Waals surface area contributed by atoms with Crippen molar-refractivity contribution < 1.29 is 23.5 Å². The maximum Gasteiger partial charge on any atom is 0.262 e. The van der Waals surface area contributed by atoms with Gasteiger partial charge in [0.05, 0.1) is 23.4 Å². The van der Waals surface area contributed by atoms with Crippen molar-refractivity contribution in [1.82, 2.24) is 10.3 Å². The number of ether oxygens (including phenoxy) is 1. The molecule has 0 spiro atoms. The minimum Gasteiger partial charge on any atom is -0.481 e. The van der Waals surface area contributed by atoms with E-state index in [4.69, 9.17) is 16.3 Å². The van der Waals surface area contributed by atoms with Crippen molar-refractivity contribution in [3.8, 4) is 5.88 Å². The fourth-order valence-corrected chi connectivity index (χ4v) is 3.62. The molecule has 0 radical (unpaired) electrons. The van der Waals surface area contributed by atoms with Crippen LogP contribution in [0, 0.1) is 5.82 Å². The molecule has 0 aliphatic carbocycles. The van der Waals surface area contributed by atoms with E-state index in [0.717, 1.165) is 11.6 Å². The Bertz CT molecular complexity index is 1340. The first-order valence-electron chi connectivity index (χ1n) is 10.2. The number of hydrogen-bond acceptors (Lipinski definition) is 5. The first-order valence-corrected chi connectivity index (χ1v) is 10.6. The van der Waals surface area contributed by atoms with Gasteiger partial charge in [-0.1, -0.05) is 23.7 Å². The highest BCUT2D eigenvalue weighted by Crippen LogP contribution is 2.31. The number of anilines is 1. The van der Waals surface area contributed by atoms with Gasteiger partial charge in [-0.25, -0.2) is 9.37 Å². The molecule has 0 saturated carbocycles. The Morgan fingerprint density at radius 1 is 1.18 bits per heavy atom. The molecule has 172 valence electrons. The highest BCUT2D eigenvalue weighted by molar-refractivity contribution is 6.36. The molecule has 0 bridgehead atoms. The molecule has 0 fully saturated rings. The van der Waals surface area contributed by atoms with Gasteiger partial charge in [-0.05, 0) is 47.5 Å². The summed E-state index contributed by atoms with van der Waals surface area (Å²) in [5.41, 5.74) is 1.78. The standard InChI is InChI=1S/C25H19ClFN3O4/c1-30-21-7-5-16(24(32)29-13-15-4-8-22(34-2)28-12-15)11-17(21)23(31)18(25(30)33)9-14-3-6-19(26)20(27)10-14/h3-12H,13H2,1-2H3,(H,29,32). The molecule has 9 heteroatoms. The van der Waals surface area contributed by atoms with E-state index in [2.05, 4.69) is 10.3 Å². The van der Waals surface area contributed by atoms with Gasteiger partial charge in [-0.3, -0.25) is 14.4 Å². The van der Waals surface area contributed by atoms with E-state index in [1.807, 2.05) is 0 Å². The summed E-state index contributed by atoms with van der Waals surface area (Å²) in [6.45, 7) is 0.229. The van der Waals surface area contributed by atoms with Crippen molar-refractivity contribution in [2.45, 2.75) is 6.54 Å². The topological polar surface area (TPSA) is 88.6 Å². The van der Waals surface area contributed by atoms with E-state index in [-0.39, 0.29) is 28.3 Å². The molecule has 1 aliphatic heterocycles. The van der Waals surface area contributed by atoms with Crippen molar-refractivity contribution >= 4 is 41.0 Å². The van der Waals surface area contributed by atoms with Crippen LogP contribution in [-0.4, -0.2) is 36.7 Å². The van der Waals surface area contributed by atoms with Crippen molar-refractivity contribution in [1.29, 1.82) is 0 Å². The number of nitrogens with zero attached hydrogens (tertiary/aromatic N) is 2. The molecule has 0 atom stereocenters. The fourth-order valence-electron chi connectivity index (χ4n) is 3.50. The van der Waals surface area contributed by atoms with Gasteiger partial charge in [0, 0.05) is 37.0 Å². The minimum absolute atomic E-state index is 0.0630. The van der Waals surface area contributed by atoms with Gasteiger partial charge < -0.3 is 15.0 Å². The molecule has 34 heavy (non-hydrogen) atoms. The van der Waals surface area contributed by atoms with E-state index in [1.165, 1.54) is 43.3 Å². The SMILES string of the molecule is COc1ccc(CNC(=O)c2ccc3c(c2)C(=O)C(=Cc2ccc(Cl)c(F)c2)C(=O)N3C)cn1. The van der Waals surface area contributed by atoms with Crippen LogP contribution < -0.4 is 15.0 Å². The number of ketones is 1. The average Bonchev–Trinajstić information content (AvgIpc) is 2.85. The molecule has 7 nitrogen and oxygen atoms in total. The first-order chi connectivity index (χ1) is 16.3. The molecule has 0 unspecified atom stereocenters. The summed E-state index contributed by atoms with van der Waals surface area (Å²) in [6.07, 6.45) is 2.90. The van der Waals surface area contributed by atoms with E-state index in [9.17, 15) is 18.8 Å². The van der Waals surface area contributed by atoms with Crippen LogP contribution >= 0.6 is 11.6 Å². The van der Waals surface area contributed by atoms with Crippen molar-refractivity contribution in [3.63, 3.8) is 0 Å². The van der Waals surface area contributed by atoms with Crippen LogP contribution in [-0.2, 0) is 11.3 Å². The molecule has 1 aliphatic rings. The number of carbonyl (C=O) groups is 3. The van der Waals surface area contributed by atoms with Gasteiger partial charge in [-0.2, -0.15) is 0 Å². The van der Waals surface area contributed by atoms with Gasteiger partial charge in [0.1, 0.15) is 5.82 Å². The zero-order valence-electron chi connectivity index (χ0n) is 18.3. The van der Waals surface area contributed by atoms with Crippen molar-refractivity contribution in [2.75, 3.05) is 19.1 Å². The van der Waals surface area contributed by atoms with Gasteiger partial charge in [0.25, 0.3) is 11.8 Å². The summed E-state index contributed by atoms with van der Waals surface area (Å²) < 4.78 is 18.8. The number of pyridine rings is 1. The molecule has 0 saturated heterocycles. The fraction of sp³-hybridized carbons (Fsp3) is 0.120. The quantitative estimate of drug-likeness (QED) is 0.440. The lowest BCUT2D eigenvalue weighted by atomic mass is 9.92. The summed E-state index contributed by atoms with van der Waals surface area (Å²) in [5.74, 6) is -1.67. The Labute approximate surface area is 199 Å². The molecule has 1 aromatic heterocycles. The summed E-state index contributed by atoms with van der Waals surface area (Å²) in [4.78, 5) is 44.1. The van der Waals surface area contributed by atoms with Crippen LogP contribution in [0.1, 0.15) is 31.8 Å². The Morgan fingerprint density at radius 3 is 2.65 bits per heavy atom. The van der Waals surface area contributed by atoms with E-state index < -0.39 is 23.4 Å². The molecule has 3 aromatic rings. The summed E-state index contributed by atoms with van der Waals surface area (Å²) >= 11 is 5.71. The molecule has 2 heterocycles. The second-order valence-electron chi connectivity index (χ2n) is 7.55. The molecule has 1 N–H and O–H groups in total. The van der Waals surface area contributed by atoms with Crippen LogP contribution in [0.25, 0.3) is 6.08 Å². The summed E-state index contributed by atoms with van der Waals surface area (Å²) in [5, 5.41) is 2.71. The lowest BCUT2D eigenvalue weighted by Gasteiger charge is -2.27. The Hall–Kier alpha value is -4.04. The third-order valence-corrected chi connectivity index (χ3v) is 5.67. The largest absolute Gasteiger partial charge is 0.481 e. The van der Waals surface area contributed by atoms with Crippen LogP contribution in [0.2, 0.25) is 5.02 Å². The smallest absolute Gasteiger partial charge is 0.262 e. The zero-order valence-corrected chi connectivity index (χ0v) is 19.0. The molecule has 2 amide bonds. The second kappa shape index (κ2) is 9.44. The number of likely N-dealkylation sites (N-methyl/N-ethyl adjacent to an activating group) is 1. The first kappa shape index (κ1) is 23.1. The number of benzene rings is 2. The average molecular weight is 480 g/mol. The Kier molecular flexibility index (Phi) is 6.43. The van der Waals surface area contributed by atoms with E-state index >= 15 is 0 Å². The third kappa shape index (κ3) is 4.53. The van der Waals surface area contributed by atoms with Gasteiger partial charge >= 0.3 is 0 Å². The predicted octanol–water partition coefficient (Wildman–Crippen LogP) is 4.06. The number of aromatic nitrogens is 1. The number of halogens is 2. The molecule has 4 rings (SSSR count). The van der Waals surface area contributed by atoms with E-state index in [1.54, 1.807) is 30.5 Å². The number of rotatable bonds is 5. The van der Waals surface area contributed by atoms with Crippen molar-refractivity contribution in [3.05, 3.63) is 93.4 Å². The summed E-state index contributed by atoms with van der Waals surface area (Å²) in [7, 11) is 3.04. The normalized spacial score (nSPS) is 14.2. The monoisotopic (exact) mass is 479 g/mol. The van der Waals surface area contributed by atoms with Gasteiger partial charge in [0.2, 0.25) is 11.7 Å². The van der Waals surface area contributed by atoms with Gasteiger partial charge in [-0.15, -0.1) is 0 Å². The second-order valence-corrected chi connectivity index (χ2v) is 7.96. The van der Waals surface area contributed by atoms with E-state index in [0.29, 0.717) is 17.1 Å². The van der Waals surface area contributed by atoms with Crippen LogP contribution in [0.5, 0.6) is 5.88 Å². The maximum atomic E-state index is 13.8. The lowest BCUT2D eigenvalue weighted by molar-refractivity contribution is -0.114. The molecular formula is C25H19ClFN3O4. The van der Waals surface area contributed by atoms with Gasteiger partial charge in [0.15, 0.2) is 0 Å². The highest BCUT2D eigenvalue weighted by Gasteiger charge is 2.33. The maximum absolute atomic E-state index is 13.8. The number of carbonyl (C=O) groups excluding carboxylic acids is 3. The number of methoxy groups -OCH3 is 1. The number of amides is 2. The Balaban J connectivity index is 1.59. The number of fused-ring (bicyclic) bond motifs is 1. The van der Waals surface area contributed by atoms with Crippen molar-refractivity contribution in [2.24, 2.45) is 0 Å². The predicted molar refractivity (Wildman–Crippen MR) is 126 cm³/mol. The van der Waals surface area contributed by atoms with Crippen LogP contribution in [0.15, 0.2) is 60.3 Å². The minimum atomic E-state index is -0.661. The number of hydrogen-bond donors (Lipinski definition) is 1. The van der Waals surface area contributed by atoms with Crippen LogP contribution in [0.3, 0.4) is 0 Å². The van der Waals surface area contributed by atoms with Crippen LogP contribution in [0.4, 0.5) is 10.1 Å². The summed E-state index contributed by atoms with van der Waals surface area (Å²) in [6, 6.07) is 12.0. The third-order valence-electron chi connectivity index (χ3n) is 5.36. The molecule has 2 aromatic carbocycles. The number of Topliss-reactive ketones (excluding diaryl/α,β-unsaturated/α-hetero) is 1. The highest BCUT2D eigenvalue weighted by atomic mass is 35.5.